The Morgan fingerprint density at radius 3 is 2.52 bits per heavy atom. The summed E-state index contributed by atoms with van der Waals surface area (Å²) >= 11 is 5.49. The first-order valence-electron chi connectivity index (χ1n) is 7.23. The summed E-state index contributed by atoms with van der Waals surface area (Å²) in [7, 11) is 0. The normalized spacial score (nSPS) is 12.6. The molecule has 0 saturated carbocycles. The molecule has 0 spiro atoms. The van der Waals surface area contributed by atoms with Crippen molar-refractivity contribution in [3.05, 3.63) is 48.3 Å². The predicted molar refractivity (Wildman–Crippen MR) is 102 cm³/mol. The van der Waals surface area contributed by atoms with E-state index in [1.165, 1.54) is 39.7 Å². The van der Waals surface area contributed by atoms with Crippen LogP contribution in [0.4, 0.5) is 4.39 Å². The van der Waals surface area contributed by atoms with E-state index in [1.807, 2.05) is 28.7 Å². The van der Waals surface area contributed by atoms with Crippen LogP contribution < -0.4 is 0 Å². The molecule has 0 amide bonds. The van der Waals surface area contributed by atoms with Gasteiger partial charge in [0.05, 0.1) is 29.0 Å². The lowest BCUT2D eigenvalue weighted by atomic mass is 10.2. The topological polar surface area (TPSA) is 15.8 Å². The van der Waals surface area contributed by atoms with Crippen molar-refractivity contribution in [2.45, 2.75) is 0 Å². The van der Waals surface area contributed by atoms with Gasteiger partial charge in [-0.2, -0.15) is 0 Å². The lowest BCUT2D eigenvalue weighted by molar-refractivity contribution is 0.630. The molecule has 1 N–H and O–H groups in total. The zero-order chi connectivity index (χ0) is 15.1. The number of nitrogens with one attached hydrogen (secondary N) is 1. The monoisotopic (exact) mass is 353 g/mol. The number of rotatable bonds is 0. The Balaban J connectivity index is 1.85. The Labute approximate surface area is 141 Å². The van der Waals surface area contributed by atoms with Gasteiger partial charge in [-0.3, -0.25) is 0 Å². The van der Waals surface area contributed by atoms with Crippen LogP contribution in [0.3, 0.4) is 0 Å². The average Bonchev–Trinajstić information content (AvgIpc) is 3.24. The first kappa shape index (κ1) is 12.5. The summed E-state index contributed by atoms with van der Waals surface area (Å²) in [6.45, 7) is 0. The van der Waals surface area contributed by atoms with Gasteiger partial charge >= 0.3 is 0 Å². The number of halogens is 1. The van der Waals surface area contributed by atoms with Crippen molar-refractivity contribution in [2.75, 3.05) is 0 Å². The van der Waals surface area contributed by atoms with Crippen LogP contribution >= 0.6 is 34.0 Å². The molecule has 0 aliphatic heterocycles. The highest BCUT2D eigenvalue weighted by molar-refractivity contribution is 7.43. The molecule has 0 radical (unpaired) electrons. The number of fused-ring (bicyclic) bond motifs is 9. The molecule has 0 aliphatic carbocycles. The number of hydrogen-bond acceptors (Lipinski definition) is 3. The maximum Gasteiger partial charge on any atom is 0.124 e. The van der Waals surface area contributed by atoms with Crippen molar-refractivity contribution in [1.29, 1.82) is 0 Å². The highest BCUT2D eigenvalue weighted by Gasteiger charge is 2.19. The van der Waals surface area contributed by atoms with Gasteiger partial charge < -0.3 is 4.98 Å². The van der Waals surface area contributed by atoms with Gasteiger partial charge in [-0.1, -0.05) is 18.2 Å². The number of thiophene rings is 3. The average molecular weight is 353 g/mol. The molecule has 1 nitrogen and oxygen atoms in total. The van der Waals surface area contributed by atoms with Gasteiger partial charge in [-0.05, 0) is 24.3 Å². The largest absolute Gasteiger partial charge is 0.353 e. The third-order valence-corrected chi connectivity index (χ3v) is 8.37. The van der Waals surface area contributed by atoms with Crippen molar-refractivity contribution in [1.82, 2.24) is 4.98 Å². The van der Waals surface area contributed by atoms with Crippen LogP contribution in [-0.2, 0) is 0 Å². The SMILES string of the molecule is Fc1ccc2[nH]c3c(sc4c3sc3c5ccccc5sc34)c2c1. The van der Waals surface area contributed by atoms with Crippen LogP contribution in [0.5, 0.6) is 0 Å². The number of aromatic amines is 1. The van der Waals surface area contributed by atoms with Crippen LogP contribution in [0.25, 0.3) is 50.0 Å². The molecular weight excluding hydrogens is 345 g/mol. The smallest absolute Gasteiger partial charge is 0.124 e. The molecule has 23 heavy (non-hydrogen) atoms. The Bertz CT molecular complexity index is 1380. The summed E-state index contributed by atoms with van der Waals surface area (Å²) in [4.78, 5) is 3.49. The van der Waals surface area contributed by atoms with Crippen molar-refractivity contribution in [3.8, 4) is 0 Å². The molecule has 0 aliphatic rings. The number of benzene rings is 2. The van der Waals surface area contributed by atoms with Crippen LogP contribution in [0.2, 0.25) is 0 Å². The summed E-state index contributed by atoms with van der Waals surface area (Å²) in [5, 5.41) is 2.33. The summed E-state index contributed by atoms with van der Waals surface area (Å²) in [6, 6.07) is 13.6. The number of aromatic nitrogens is 1. The van der Waals surface area contributed by atoms with E-state index in [0.717, 1.165) is 16.4 Å². The van der Waals surface area contributed by atoms with E-state index >= 15 is 0 Å². The molecule has 4 aromatic heterocycles. The minimum absolute atomic E-state index is 0.179. The van der Waals surface area contributed by atoms with Crippen LogP contribution in [0, 0.1) is 5.82 Å². The van der Waals surface area contributed by atoms with Gasteiger partial charge in [0.2, 0.25) is 0 Å². The molecule has 0 unspecified atom stereocenters. The van der Waals surface area contributed by atoms with Crippen molar-refractivity contribution in [3.63, 3.8) is 0 Å². The Hall–Kier alpha value is -1.95. The van der Waals surface area contributed by atoms with Gasteiger partial charge in [0.15, 0.2) is 0 Å². The maximum absolute atomic E-state index is 13.6. The Kier molecular flexibility index (Phi) is 2.23. The zero-order valence-corrected chi connectivity index (χ0v) is 14.1. The predicted octanol–water partition coefficient (Wildman–Crippen LogP) is 7.10. The van der Waals surface area contributed by atoms with E-state index in [-0.39, 0.29) is 5.82 Å². The fourth-order valence-electron chi connectivity index (χ4n) is 3.29. The second kappa shape index (κ2) is 4.12. The third-order valence-electron chi connectivity index (χ3n) is 4.31. The number of hydrogen-bond donors (Lipinski definition) is 1. The Morgan fingerprint density at radius 1 is 0.739 bits per heavy atom. The van der Waals surface area contributed by atoms with Gasteiger partial charge in [0.25, 0.3) is 0 Å². The summed E-state index contributed by atoms with van der Waals surface area (Å²) in [5.41, 5.74) is 2.17. The molecule has 110 valence electrons. The summed E-state index contributed by atoms with van der Waals surface area (Å²) in [5.74, 6) is -0.179. The quantitative estimate of drug-likeness (QED) is 0.300. The minimum Gasteiger partial charge on any atom is -0.353 e. The van der Waals surface area contributed by atoms with Crippen LogP contribution in [-0.4, -0.2) is 4.98 Å². The van der Waals surface area contributed by atoms with E-state index in [0.29, 0.717) is 0 Å². The van der Waals surface area contributed by atoms with E-state index in [1.54, 1.807) is 17.4 Å². The van der Waals surface area contributed by atoms with Crippen LogP contribution in [0.15, 0.2) is 42.5 Å². The van der Waals surface area contributed by atoms with Gasteiger partial charge in [0.1, 0.15) is 5.82 Å². The minimum atomic E-state index is -0.179. The zero-order valence-electron chi connectivity index (χ0n) is 11.6. The highest BCUT2D eigenvalue weighted by Crippen LogP contribution is 2.50. The summed E-state index contributed by atoms with van der Waals surface area (Å²) < 4.78 is 21.5. The van der Waals surface area contributed by atoms with E-state index < -0.39 is 0 Å². The summed E-state index contributed by atoms with van der Waals surface area (Å²) in [6.07, 6.45) is 0. The molecule has 5 heteroatoms. The van der Waals surface area contributed by atoms with Crippen LogP contribution in [0.1, 0.15) is 0 Å². The fraction of sp³-hybridized carbons (Fsp3) is 0. The second-order valence-electron chi connectivity index (χ2n) is 5.64. The maximum atomic E-state index is 13.6. The molecular formula is C18H8FNS3. The van der Waals surface area contributed by atoms with Crippen molar-refractivity contribution >= 4 is 84.0 Å². The molecule has 6 aromatic rings. The molecule has 4 heterocycles. The highest BCUT2D eigenvalue weighted by atomic mass is 32.1. The lowest BCUT2D eigenvalue weighted by Gasteiger charge is -1.89. The molecule has 0 saturated heterocycles. The van der Waals surface area contributed by atoms with Gasteiger partial charge in [-0.25, -0.2) is 4.39 Å². The second-order valence-corrected chi connectivity index (χ2v) is 8.73. The van der Waals surface area contributed by atoms with E-state index in [9.17, 15) is 4.39 Å². The van der Waals surface area contributed by atoms with Crippen molar-refractivity contribution < 1.29 is 4.39 Å². The molecule has 0 atom stereocenters. The molecule has 2 aromatic carbocycles. The fourth-order valence-corrected chi connectivity index (χ4v) is 7.61. The lowest BCUT2D eigenvalue weighted by Crippen LogP contribution is -1.71. The first-order valence-corrected chi connectivity index (χ1v) is 9.68. The van der Waals surface area contributed by atoms with Gasteiger partial charge in [0, 0.05) is 21.0 Å². The molecule has 0 fully saturated rings. The van der Waals surface area contributed by atoms with E-state index in [4.69, 9.17) is 0 Å². The Morgan fingerprint density at radius 2 is 1.57 bits per heavy atom. The first-order chi connectivity index (χ1) is 11.3. The van der Waals surface area contributed by atoms with E-state index in [2.05, 4.69) is 29.2 Å². The third kappa shape index (κ3) is 1.50. The molecule has 0 bridgehead atoms. The molecule has 6 rings (SSSR count). The van der Waals surface area contributed by atoms with Gasteiger partial charge in [-0.15, -0.1) is 34.0 Å². The number of H-pyrrole nitrogens is 1. The standard InChI is InChI=1S/C18H8FNS3/c19-8-5-6-11-10(7-8)14-13(20-11)16-18(22-14)17-15(23-16)9-3-1-2-4-12(9)21-17/h1-7,20H. The van der Waals surface area contributed by atoms with Crippen molar-refractivity contribution in [2.24, 2.45) is 0 Å².